The van der Waals surface area contributed by atoms with E-state index >= 15 is 0 Å². The van der Waals surface area contributed by atoms with E-state index in [-0.39, 0.29) is 152 Å². The summed E-state index contributed by atoms with van der Waals surface area (Å²) < 4.78 is 10.7. The molecule has 49 heteroatoms. The van der Waals surface area contributed by atoms with Crippen LogP contribution >= 0.6 is 0 Å². The van der Waals surface area contributed by atoms with Crippen molar-refractivity contribution < 1.29 is 121 Å². The molecule has 2 aliphatic heterocycles. The summed E-state index contributed by atoms with van der Waals surface area (Å²) >= 11 is 0. The van der Waals surface area contributed by atoms with Crippen LogP contribution in [0.2, 0.25) is 0 Å². The molecule has 0 radical (unpaired) electrons. The number of nitrogens with two attached hydrogens (primary N) is 3. The second kappa shape index (κ2) is 70.6. The van der Waals surface area contributed by atoms with E-state index in [0.717, 1.165) is 59.3 Å². The molecule has 146 heavy (non-hydrogen) atoms. The lowest BCUT2D eigenvalue weighted by atomic mass is 10.0. The number of rotatable bonds is 63. The Labute approximate surface area is 849 Å². The first-order chi connectivity index (χ1) is 70.0. The summed E-state index contributed by atoms with van der Waals surface area (Å²) in [5, 5.41) is 97.9. The number of aliphatic hydroxyl groups excluding tert-OH is 3. The number of fused-ring (bicyclic) bond motifs is 2. The van der Waals surface area contributed by atoms with Crippen LogP contribution in [0.1, 0.15) is 230 Å². The molecule has 12 atom stereocenters. The Kier molecular flexibility index (Phi) is 59.7. The Morgan fingerprint density at radius 2 is 1.16 bits per heavy atom. The predicted octanol–water partition coefficient (Wildman–Crippen LogP) is -2.27. The number of nitrogens with one attached hydrogen (secondary N) is 15. The van der Waals surface area contributed by atoms with Crippen molar-refractivity contribution in [2.75, 3.05) is 99.0 Å². The number of amides is 14. The number of carbonyl (C=O) groups excluding carboxylic acids is 16. The standard InChI is InChI=1S/C53H93N13O17.C44H61N11O8/c1-3-4-20-38(37(2)69)58-50(78)39(21-18-19-27-66(32-48(74)75)33-49(76)77)59-53(81)42(35-68)61-51(79)40(24-25-43(54)70)60-52(80)41(34-67)57-46(72)31-56-47(73)36-83-30-29-82-28-26-55-45(71)23-17-15-13-11-9-7-5-6-8-10-12-14-16-22-44-62-64-65-63-44;1-26(56)31-14-8-9-19-48-38(58)18-17-34(47-2)43(63)55-25-29(57)23-37(55)42(62)54-35(21-27-11-4-3-5-12-27)40(60)52-33(16-10-20-49-44(45)46)39(59)53-36(41(61)51-31)22-28-24-50-32-15-7-6-13-30(28)32/h38-42,67-68H,3-36H2,1-2H3,(H2,54,70)(H,55,71)(H,56,73)(H,57,72)(H,58,78)(H,59,81)(H,60,80)(H,61,79)(H,74,75)(H,76,77)(H,62,63,64,65);3-7,11-13,15,24,29,31,33-37,47,50,57H,8-10,14,16-23,25H2,1-2H3,(H,48,58)(H,51,61)(H,52,60)(H,53,59)(H,54,62)(H4,45,46,49)/t38-,39-,40-,41-,42-;29-,31+,33+,34+,35-,36+,37+/m01/s1. The Balaban J connectivity index is 0.000000531. The molecule has 26 N–H and O–H groups in total. The molecular formula is C97H154N24O25. The molecule has 0 saturated carbocycles. The SMILES string of the molecule is CCCC[C@H](NC(=O)[C@H](CCCCN(CC(=O)O)CC(=O)O)NC(=O)[C@H](CO)NC(=O)[C@H](CCC(N)=O)NC(=O)[C@H](CO)NC(=O)CNC(=O)COCCOCCNC(=O)CCCCCCCCCCCCCCCc1nn[nH]n1)C(C)=O.CN[C@H]1CCC(=O)NCCCC[C@@H](C(C)=O)NC(=O)[C@H](Cc2c[nH]c3ccccc23)NC(=O)[C@H](CCCN=C(N)N)NC(=O)[C@@H](Cc2ccccc2)NC(=O)[C@@H]2C[C@@H](O)CN2C1=O. The third-order valence-electron chi connectivity index (χ3n) is 24.4. The summed E-state index contributed by atoms with van der Waals surface area (Å²) in [6.07, 6.45) is 19.5. The molecule has 812 valence electrons. The van der Waals surface area contributed by atoms with Gasteiger partial charge in [0, 0.05) is 88.2 Å². The monoisotopic (exact) mass is 2060 g/mol. The number of carboxylic acids is 2. The van der Waals surface area contributed by atoms with Crippen LogP contribution in [0, 0.1) is 0 Å². The number of H-pyrrole nitrogens is 2. The lowest BCUT2D eigenvalue weighted by Gasteiger charge is -2.30. The van der Waals surface area contributed by atoms with Gasteiger partial charge in [-0.15, -0.1) is 10.2 Å². The fourth-order valence-electron chi connectivity index (χ4n) is 16.4. The number of aryl methyl sites for hydroxylation is 1. The first kappa shape index (κ1) is 123. The molecule has 6 rings (SSSR count). The van der Waals surface area contributed by atoms with Gasteiger partial charge in [0.15, 0.2) is 23.4 Å². The van der Waals surface area contributed by atoms with Crippen LogP contribution in [-0.2, 0) is 115 Å². The average molecular weight is 2060 g/mol. The third kappa shape index (κ3) is 50.1. The zero-order valence-electron chi connectivity index (χ0n) is 84.3. The number of likely N-dealkylation sites (N-methyl/N-ethyl adjacent to an activating group) is 1. The second-order valence-corrected chi connectivity index (χ2v) is 36.4. The molecule has 0 aliphatic carbocycles. The Hall–Kier alpha value is -13.1. The van der Waals surface area contributed by atoms with Crippen molar-refractivity contribution in [2.24, 2.45) is 22.2 Å². The number of benzene rings is 2. The molecule has 2 aromatic heterocycles. The molecule has 0 bridgehead atoms. The number of tetrazole rings is 1. The number of unbranched alkanes of at least 4 members (excludes halogenated alkanes) is 14. The minimum absolute atomic E-state index is 0.00372. The van der Waals surface area contributed by atoms with Crippen molar-refractivity contribution in [1.29, 1.82) is 0 Å². The number of carbonyl (C=O) groups is 18. The van der Waals surface area contributed by atoms with Crippen molar-refractivity contribution in [1.82, 2.24) is 105 Å². The van der Waals surface area contributed by atoms with Crippen LogP contribution in [0.15, 0.2) is 65.8 Å². The zero-order chi connectivity index (χ0) is 107. The van der Waals surface area contributed by atoms with Crippen molar-refractivity contribution in [2.45, 2.75) is 305 Å². The van der Waals surface area contributed by atoms with Crippen molar-refractivity contribution >= 4 is 123 Å². The highest BCUT2D eigenvalue weighted by Crippen LogP contribution is 2.24. The number of hydrogen-bond acceptors (Lipinski definition) is 29. The highest BCUT2D eigenvalue weighted by Gasteiger charge is 2.43. The van der Waals surface area contributed by atoms with E-state index in [1.54, 1.807) is 43.6 Å². The van der Waals surface area contributed by atoms with E-state index in [1.165, 1.54) is 76.5 Å². The lowest BCUT2D eigenvalue weighted by molar-refractivity contribution is -0.142. The molecule has 2 aliphatic rings. The van der Waals surface area contributed by atoms with Crippen LogP contribution in [0.3, 0.4) is 0 Å². The molecule has 2 aromatic carbocycles. The number of guanidine groups is 1. The molecule has 0 spiro atoms. The molecule has 4 aromatic rings. The number of aromatic amines is 2. The van der Waals surface area contributed by atoms with Gasteiger partial charge in [-0.05, 0) is 128 Å². The predicted molar refractivity (Wildman–Crippen MR) is 534 cm³/mol. The Bertz CT molecular complexity index is 4760. The van der Waals surface area contributed by atoms with Crippen molar-refractivity contribution in [3.63, 3.8) is 0 Å². The summed E-state index contributed by atoms with van der Waals surface area (Å²) in [5.41, 5.74) is 18.6. The highest BCUT2D eigenvalue weighted by atomic mass is 16.5. The largest absolute Gasteiger partial charge is 0.480 e. The van der Waals surface area contributed by atoms with E-state index in [2.05, 4.69) is 99.7 Å². The first-order valence-corrected chi connectivity index (χ1v) is 50.4. The number of para-hydroxylation sites is 1. The first-order valence-electron chi connectivity index (χ1n) is 50.4. The number of aliphatic carboxylic acids is 2. The minimum Gasteiger partial charge on any atom is -0.480 e. The number of ether oxygens (including phenoxy) is 2. The highest BCUT2D eigenvalue weighted by molar-refractivity contribution is 6.00. The maximum absolute atomic E-state index is 14.4. The maximum atomic E-state index is 14.4. The zero-order valence-corrected chi connectivity index (χ0v) is 84.3. The number of hydrogen-bond donors (Lipinski definition) is 23. The van der Waals surface area contributed by atoms with E-state index in [9.17, 15) is 112 Å². The average Bonchev–Trinajstić information content (AvgIpc) is 1.66. The van der Waals surface area contributed by atoms with Gasteiger partial charge in [-0.25, -0.2) is 0 Å². The summed E-state index contributed by atoms with van der Waals surface area (Å²) in [7, 11) is 1.57. The van der Waals surface area contributed by atoms with Crippen LogP contribution < -0.4 is 86.3 Å². The van der Waals surface area contributed by atoms with Crippen molar-refractivity contribution in [3.8, 4) is 0 Å². The van der Waals surface area contributed by atoms with Gasteiger partial charge in [-0.2, -0.15) is 5.21 Å². The summed E-state index contributed by atoms with van der Waals surface area (Å²) in [4.78, 5) is 244. The van der Waals surface area contributed by atoms with E-state index in [4.69, 9.17) is 26.7 Å². The van der Waals surface area contributed by atoms with Gasteiger partial charge < -0.3 is 131 Å². The van der Waals surface area contributed by atoms with E-state index < -0.39 is 208 Å². The fraction of sp³-hybridized carbons (Fsp3) is 0.649. The number of carboxylic acid groups (broad SMARTS) is 2. The van der Waals surface area contributed by atoms with Crippen LogP contribution in [0.4, 0.5) is 0 Å². The molecular weight excluding hydrogens is 1900 g/mol. The lowest BCUT2D eigenvalue weighted by Crippen LogP contribution is -2.60. The second-order valence-electron chi connectivity index (χ2n) is 36.4. The summed E-state index contributed by atoms with van der Waals surface area (Å²) in [6.45, 7) is 1.17. The van der Waals surface area contributed by atoms with Crippen LogP contribution in [-0.4, -0.2) is 345 Å². The molecule has 2 fully saturated rings. The van der Waals surface area contributed by atoms with Gasteiger partial charge in [-0.1, -0.05) is 144 Å². The van der Waals surface area contributed by atoms with Gasteiger partial charge >= 0.3 is 11.9 Å². The maximum Gasteiger partial charge on any atom is 0.317 e. The molecule has 2 saturated heterocycles. The van der Waals surface area contributed by atoms with Crippen LogP contribution in [0.5, 0.6) is 0 Å². The summed E-state index contributed by atoms with van der Waals surface area (Å²) in [5.74, 6) is -12.8. The Morgan fingerprint density at radius 1 is 0.589 bits per heavy atom. The number of primary amides is 1. The van der Waals surface area contributed by atoms with Gasteiger partial charge in [-0.3, -0.25) is 96.2 Å². The normalized spacial score (nSPS) is 18.2. The number of Topliss-reactive ketones (excluding diaryl/α,β-unsaturated/α-hetero) is 2. The Morgan fingerprint density at radius 3 is 1.78 bits per heavy atom. The van der Waals surface area contributed by atoms with Gasteiger partial charge in [0.05, 0.1) is 76.9 Å². The molecule has 0 unspecified atom stereocenters. The number of aliphatic imine (C=N–C) groups is 1. The van der Waals surface area contributed by atoms with Gasteiger partial charge in [0.2, 0.25) is 82.7 Å². The topological polar surface area (TPSA) is 750 Å². The van der Waals surface area contributed by atoms with Gasteiger partial charge in [0.1, 0.15) is 54.9 Å². The fourth-order valence-corrected chi connectivity index (χ4v) is 16.4. The van der Waals surface area contributed by atoms with Crippen LogP contribution in [0.25, 0.3) is 10.9 Å². The van der Waals surface area contributed by atoms with Gasteiger partial charge in [0.25, 0.3) is 0 Å². The van der Waals surface area contributed by atoms with Crippen molar-refractivity contribution in [3.05, 3.63) is 77.7 Å². The quantitative estimate of drug-likeness (QED) is 0.0126. The number of nitrogens with zero attached hydrogens (tertiary/aromatic N) is 6. The number of aromatic nitrogens is 5. The molecule has 4 heterocycles. The molecule has 49 nitrogen and oxygen atoms in total. The summed E-state index contributed by atoms with van der Waals surface area (Å²) in [6, 6.07) is 2.31. The molecule has 14 amide bonds. The van der Waals surface area contributed by atoms with E-state index in [0.29, 0.717) is 44.2 Å². The third-order valence-corrected chi connectivity index (χ3v) is 24.4. The minimum atomic E-state index is -1.78. The van der Waals surface area contributed by atoms with E-state index in [1.807, 2.05) is 31.2 Å². The number of ketones is 2. The number of aliphatic hydroxyl groups is 3. The smallest absolute Gasteiger partial charge is 0.317 e.